The number of nitrogens with one attached hydrogen (secondary N) is 1. The molecule has 1 aromatic carbocycles. The van der Waals surface area contributed by atoms with Gasteiger partial charge in [-0.15, -0.1) is 24.0 Å². The number of aliphatic imine (C=N–C) groups is 1. The van der Waals surface area contributed by atoms with E-state index in [4.69, 9.17) is 5.73 Å². The van der Waals surface area contributed by atoms with E-state index in [1.165, 1.54) is 11.1 Å². The average Bonchev–Trinajstić information content (AvgIpc) is 2.29. The number of anilines is 1. The van der Waals surface area contributed by atoms with Crippen LogP contribution in [-0.2, 0) is 0 Å². The van der Waals surface area contributed by atoms with Gasteiger partial charge in [0.1, 0.15) is 0 Å². The summed E-state index contributed by atoms with van der Waals surface area (Å²) in [6.07, 6.45) is 1.02. The first kappa shape index (κ1) is 18.2. The molecule has 5 heteroatoms. The summed E-state index contributed by atoms with van der Waals surface area (Å²) in [5.74, 6) is 0.483. The molecular formula is C14H25IN4. The van der Waals surface area contributed by atoms with Crippen molar-refractivity contribution in [2.75, 3.05) is 32.5 Å². The molecule has 0 radical (unpaired) electrons. The maximum Gasteiger partial charge on any atom is 0.193 e. The SMILES string of the molecule is Cc1ccc(NC(N)=NCCCN(C)C)cc1C.I. The van der Waals surface area contributed by atoms with Crippen molar-refractivity contribution in [2.24, 2.45) is 10.7 Å². The van der Waals surface area contributed by atoms with E-state index in [-0.39, 0.29) is 24.0 Å². The molecule has 0 heterocycles. The Morgan fingerprint density at radius 3 is 2.53 bits per heavy atom. The van der Waals surface area contributed by atoms with Crippen LogP contribution in [0.4, 0.5) is 5.69 Å². The third kappa shape index (κ3) is 7.37. The summed E-state index contributed by atoms with van der Waals surface area (Å²) in [4.78, 5) is 6.44. The van der Waals surface area contributed by atoms with Gasteiger partial charge in [0.15, 0.2) is 5.96 Å². The first-order valence-electron chi connectivity index (χ1n) is 6.28. The topological polar surface area (TPSA) is 53.6 Å². The molecule has 0 unspecified atom stereocenters. The third-order valence-electron chi connectivity index (χ3n) is 2.82. The molecule has 1 aromatic rings. The Balaban J connectivity index is 0.00000324. The van der Waals surface area contributed by atoms with Crippen molar-refractivity contribution < 1.29 is 0 Å². The molecule has 0 saturated heterocycles. The van der Waals surface area contributed by atoms with Crippen molar-refractivity contribution in [1.29, 1.82) is 0 Å². The number of hydrogen-bond donors (Lipinski definition) is 2. The highest BCUT2D eigenvalue weighted by Gasteiger charge is 1.98. The summed E-state index contributed by atoms with van der Waals surface area (Å²) in [5, 5.41) is 3.11. The number of aryl methyl sites for hydroxylation is 2. The zero-order valence-electron chi connectivity index (χ0n) is 12.2. The Bertz CT molecular complexity index is 416. The largest absolute Gasteiger partial charge is 0.370 e. The van der Waals surface area contributed by atoms with E-state index in [9.17, 15) is 0 Å². The van der Waals surface area contributed by atoms with Gasteiger partial charge in [0.2, 0.25) is 0 Å². The van der Waals surface area contributed by atoms with Crippen molar-refractivity contribution in [3.8, 4) is 0 Å². The molecule has 4 nitrogen and oxygen atoms in total. The fraction of sp³-hybridized carbons (Fsp3) is 0.500. The van der Waals surface area contributed by atoms with Crippen LogP contribution in [0, 0.1) is 13.8 Å². The molecule has 19 heavy (non-hydrogen) atoms. The van der Waals surface area contributed by atoms with Crippen molar-refractivity contribution in [1.82, 2.24) is 4.90 Å². The van der Waals surface area contributed by atoms with Crippen molar-refractivity contribution in [3.63, 3.8) is 0 Å². The molecule has 0 saturated carbocycles. The van der Waals surface area contributed by atoms with Crippen LogP contribution < -0.4 is 11.1 Å². The lowest BCUT2D eigenvalue weighted by Crippen LogP contribution is -2.23. The number of halogens is 1. The van der Waals surface area contributed by atoms with Crippen molar-refractivity contribution in [3.05, 3.63) is 29.3 Å². The molecule has 0 aliphatic rings. The zero-order valence-corrected chi connectivity index (χ0v) is 14.6. The van der Waals surface area contributed by atoms with Gasteiger partial charge in [-0.1, -0.05) is 6.07 Å². The highest BCUT2D eigenvalue weighted by atomic mass is 127. The molecular weight excluding hydrogens is 351 g/mol. The minimum atomic E-state index is 0. The molecule has 1 rings (SSSR count). The summed E-state index contributed by atoms with van der Waals surface area (Å²) in [5.41, 5.74) is 9.36. The lowest BCUT2D eigenvalue weighted by Gasteiger charge is -2.09. The summed E-state index contributed by atoms with van der Waals surface area (Å²) < 4.78 is 0. The lowest BCUT2D eigenvalue weighted by molar-refractivity contribution is 0.403. The molecule has 0 amide bonds. The minimum absolute atomic E-state index is 0. The van der Waals surface area contributed by atoms with Gasteiger partial charge in [0.25, 0.3) is 0 Å². The van der Waals surface area contributed by atoms with E-state index >= 15 is 0 Å². The molecule has 0 aromatic heterocycles. The highest BCUT2D eigenvalue weighted by Crippen LogP contribution is 2.13. The second-order valence-electron chi connectivity index (χ2n) is 4.85. The van der Waals surface area contributed by atoms with E-state index < -0.39 is 0 Å². The van der Waals surface area contributed by atoms with Crippen LogP contribution in [0.5, 0.6) is 0 Å². The van der Waals surface area contributed by atoms with Crippen LogP contribution in [0.15, 0.2) is 23.2 Å². The Morgan fingerprint density at radius 1 is 1.26 bits per heavy atom. The standard InChI is InChI=1S/C14H24N4.HI/c1-11-6-7-13(10-12(11)2)17-14(15)16-8-5-9-18(3)4;/h6-7,10H,5,8-9H2,1-4H3,(H3,15,16,17);1H. The molecule has 3 N–H and O–H groups in total. The van der Waals surface area contributed by atoms with Crippen LogP contribution in [0.3, 0.4) is 0 Å². The molecule has 0 spiro atoms. The van der Waals surface area contributed by atoms with Gasteiger partial charge >= 0.3 is 0 Å². The van der Waals surface area contributed by atoms with Gasteiger partial charge in [-0.2, -0.15) is 0 Å². The van der Waals surface area contributed by atoms with Gasteiger partial charge in [-0.05, 0) is 64.2 Å². The summed E-state index contributed by atoms with van der Waals surface area (Å²) in [6.45, 7) is 5.96. The first-order valence-corrected chi connectivity index (χ1v) is 6.28. The predicted molar refractivity (Wildman–Crippen MR) is 94.6 cm³/mol. The lowest BCUT2D eigenvalue weighted by atomic mass is 10.1. The molecule has 108 valence electrons. The average molecular weight is 376 g/mol. The van der Waals surface area contributed by atoms with Crippen LogP contribution in [-0.4, -0.2) is 38.0 Å². The molecule has 0 atom stereocenters. The number of hydrogen-bond acceptors (Lipinski definition) is 2. The first-order chi connectivity index (χ1) is 8.49. The molecule has 0 aliphatic carbocycles. The van der Waals surface area contributed by atoms with Crippen LogP contribution in [0.25, 0.3) is 0 Å². The minimum Gasteiger partial charge on any atom is -0.370 e. The maximum absolute atomic E-state index is 5.84. The second-order valence-corrected chi connectivity index (χ2v) is 4.85. The van der Waals surface area contributed by atoms with Crippen LogP contribution in [0.1, 0.15) is 17.5 Å². The quantitative estimate of drug-likeness (QED) is 0.360. The van der Waals surface area contributed by atoms with E-state index in [2.05, 4.69) is 55.3 Å². The molecule has 0 bridgehead atoms. The number of rotatable bonds is 5. The summed E-state index contributed by atoms with van der Waals surface area (Å²) in [7, 11) is 4.11. The van der Waals surface area contributed by atoms with Crippen LogP contribution >= 0.6 is 24.0 Å². The molecule has 0 fully saturated rings. The van der Waals surface area contributed by atoms with Crippen molar-refractivity contribution >= 4 is 35.6 Å². The molecule has 0 aliphatic heterocycles. The Morgan fingerprint density at radius 2 is 1.95 bits per heavy atom. The van der Waals surface area contributed by atoms with Gasteiger partial charge in [0, 0.05) is 12.2 Å². The Hall–Kier alpha value is -0.820. The zero-order chi connectivity index (χ0) is 13.5. The number of nitrogens with two attached hydrogens (primary N) is 1. The van der Waals surface area contributed by atoms with Gasteiger partial charge in [0.05, 0.1) is 0 Å². The smallest absolute Gasteiger partial charge is 0.193 e. The maximum atomic E-state index is 5.84. The Kier molecular flexibility index (Phi) is 8.75. The predicted octanol–water partition coefficient (Wildman–Crippen LogP) is 2.60. The van der Waals surface area contributed by atoms with Crippen LogP contribution in [0.2, 0.25) is 0 Å². The van der Waals surface area contributed by atoms with E-state index in [0.29, 0.717) is 5.96 Å². The Labute approximate surface area is 133 Å². The number of benzene rings is 1. The summed E-state index contributed by atoms with van der Waals surface area (Å²) in [6, 6.07) is 6.18. The van der Waals surface area contributed by atoms with Gasteiger partial charge < -0.3 is 16.0 Å². The van der Waals surface area contributed by atoms with E-state index in [0.717, 1.165) is 25.2 Å². The summed E-state index contributed by atoms with van der Waals surface area (Å²) >= 11 is 0. The third-order valence-corrected chi connectivity index (χ3v) is 2.82. The van der Waals surface area contributed by atoms with E-state index in [1.54, 1.807) is 0 Å². The van der Waals surface area contributed by atoms with Gasteiger partial charge in [-0.3, -0.25) is 4.99 Å². The fourth-order valence-electron chi connectivity index (χ4n) is 1.59. The monoisotopic (exact) mass is 376 g/mol. The normalized spacial score (nSPS) is 11.3. The fourth-order valence-corrected chi connectivity index (χ4v) is 1.59. The second kappa shape index (κ2) is 9.14. The number of nitrogens with zero attached hydrogens (tertiary/aromatic N) is 2. The van der Waals surface area contributed by atoms with Crippen molar-refractivity contribution in [2.45, 2.75) is 20.3 Å². The highest BCUT2D eigenvalue weighted by molar-refractivity contribution is 14.0. The number of guanidine groups is 1. The van der Waals surface area contributed by atoms with E-state index in [1.807, 2.05) is 6.07 Å². The van der Waals surface area contributed by atoms with Gasteiger partial charge in [-0.25, -0.2) is 0 Å².